The molecule has 0 spiro atoms. The first-order valence-electron chi connectivity index (χ1n) is 4.34. The number of rotatable bonds is 2. The lowest BCUT2D eigenvalue weighted by atomic mass is 10.0. The summed E-state index contributed by atoms with van der Waals surface area (Å²) in [6.45, 7) is 3.24. The molecule has 0 unspecified atom stereocenters. The number of hydrogen-bond donors (Lipinski definition) is 1. The smallest absolute Gasteiger partial charge is 0.272 e. The number of hydrogen-bond acceptors (Lipinski definition) is 4. The lowest BCUT2D eigenvalue weighted by Crippen LogP contribution is -2.13. The third-order valence-electron chi connectivity index (χ3n) is 2.22. The molecule has 92 valence electrons. The van der Waals surface area contributed by atoms with Gasteiger partial charge in [0.15, 0.2) is 0 Å². The van der Waals surface area contributed by atoms with E-state index in [2.05, 4.69) is 11.2 Å². The molecule has 6 nitrogen and oxygen atoms in total. The van der Waals surface area contributed by atoms with Crippen molar-refractivity contribution >= 4 is 30.6 Å². The minimum absolute atomic E-state index is 0.00694. The van der Waals surface area contributed by atoms with E-state index >= 15 is 0 Å². The second kappa shape index (κ2) is 6.93. The van der Waals surface area contributed by atoms with Crippen LogP contribution in [0, 0.1) is 24.0 Å². The van der Waals surface area contributed by atoms with Gasteiger partial charge in [0.25, 0.3) is 13.5 Å². The van der Waals surface area contributed by atoms with Gasteiger partial charge in [0.05, 0.1) is 4.92 Å². The molecule has 0 fully saturated rings. The number of halogens is 1. The van der Waals surface area contributed by atoms with E-state index in [0.717, 1.165) is 0 Å². The van der Waals surface area contributed by atoms with E-state index in [1.54, 1.807) is 13.8 Å². The van der Waals surface area contributed by atoms with Crippen molar-refractivity contribution in [2.24, 2.45) is 5.73 Å². The summed E-state index contributed by atoms with van der Waals surface area (Å²) < 4.78 is 8.67. The van der Waals surface area contributed by atoms with Crippen molar-refractivity contribution in [3.8, 4) is 0 Å². The van der Waals surface area contributed by atoms with Crippen LogP contribution in [0.25, 0.3) is 0 Å². The van der Waals surface area contributed by atoms with Gasteiger partial charge in [0.1, 0.15) is 0 Å². The van der Waals surface area contributed by atoms with Gasteiger partial charge in [-0.1, -0.05) is 0 Å². The Morgan fingerprint density at radius 2 is 1.88 bits per heavy atom. The Balaban J connectivity index is 0.000000770. The third-order valence-corrected chi connectivity index (χ3v) is 2.22. The molecule has 0 radical (unpaired) electrons. The maximum atomic E-state index is 10.9. The van der Waals surface area contributed by atoms with Gasteiger partial charge in [-0.05, 0) is 36.7 Å². The number of benzene rings is 1. The zero-order valence-corrected chi connectivity index (χ0v) is 10.8. The first kappa shape index (κ1) is 15.5. The molecule has 1 rings (SSSR count). The van der Waals surface area contributed by atoms with Crippen molar-refractivity contribution in [1.82, 2.24) is 0 Å². The van der Waals surface area contributed by atoms with Crippen LogP contribution >= 0.6 is 19.1 Å². The minimum atomic E-state index is -0.569. The lowest BCUT2D eigenvalue weighted by molar-refractivity contribution is -0.385. The van der Waals surface area contributed by atoms with E-state index in [1.165, 1.54) is 12.1 Å². The standard InChI is InChI=1S/C9H10N2O3.ClOP/c1-5-6(2)8(11(13)14)4-3-7(5)9(10)12;1-3-2/h3-4H,1-2H3,(H2,10,12);. The molecule has 0 bridgehead atoms. The van der Waals surface area contributed by atoms with Crippen LogP contribution in [0.5, 0.6) is 0 Å². The topological polar surface area (TPSA) is 103 Å². The SMILES string of the molecule is Cc1c(C(N)=O)ccc([N+](=O)[O-])c1C.O=PCl. The van der Waals surface area contributed by atoms with Gasteiger partial charge in [-0.15, -0.1) is 0 Å². The molecule has 0 saturated carbocycles. The van der Waals surface area contributed by atoms with Crippen molar-refractivity contribution < 1.29 is 14.3 Å². The van der Waals surface area contributed by atoms with Crippen LogP contribution in [0.15, 0.2) is 12.1 Å². The molecule has 2 N–H and O–H groups in total. The highest BCUT2D eigenvalue weighted by molar-refractivity contribution is 7.57. The van der Waals surface area contributed by atoms with E-state index in [4.69, 9.17) is 10.3 Å². The van der Waals surface area contributed by atoms with Gasteiger partial charge in [-0.3, -0.25) is 19.5 Å². The predicted octanol–water partition coefficient (Wildman–Crippen LogP) is 2.74. The number of nitro groups is 1. The molecule has 0 aliphatic rings. The molecule has 0 aliphatic heterocycles. The third kappa shape index (κ3) is 4.09. The van der Waals surface area contributed by atoms with Crippen molar-refractivity contribution in [2.45, 2.75) is 13.8 Å². The van der Waals surface area contributed by atoms with E-state index in [0.29, 0.717) is 16.7 Å². The monoisotopic (exact) mass is 276 g/mol. The van der Waals surface area contributed by atoms with E-state index in [-0.39, 0.29) is 13.5 Å². The van der Waals surface area contributed by atoms with Gasteiger partial charge < -0.3 is 5.73 Å². The van der Waals surface area contributed by atoms with Crippen LogP contribution in [-0.4, -0.2) is 10.8 Å². The summed E-state index contributed by atoms with van der Waals surface area (Å²) in [6.07, 6.45) is 0. The van der Waals surface area contributed by atoms with Gasteiger partial charge >= 0.3 is 0 Å². The van der Waals surface area contributed by atoms with Gasteiger partial charge in [0.2, 0.25) is 5.91 Å². The number of nitrogens with zero attached hydrogens (tertiary/aromatic N) is 1. The summed E-state index contributed by atoms with van der Waals surface area (Å²) in [7, 11) is -0.361. The fraction of sp³-hybridized carbons (Fsp3) is 0.222. The van der Waals surface area contributed by atoms with E-state index in [1.807, 2.05) is 0 Å². The number of amides is 1. The second-order valence-electron chi connectivity index (χ2n) is 3.07. The van der Waals surface area contributed by atoms with E-state index < -0.39 is 10.8 Å². The van der Waals surface area contributed by atoms with Crippen LogP contribution < -0.4 is 5.73 Å². The van der Waals surface area contributed by atoms with Gasteiger partial charge in [-0.25, -0.2) is 0 Å². The van der Waals surface area contributed by atoms with Crippen LogP contribution in [0.2, 0.25) is 0 Å². The summed E-state index contributed by atoms with van der Waals surface area (Å²) in [6, 6.07) is 2.67. The first-order valence-corrected chi connectivity index (χ1v) is 6.06. The summed E-state index contributed by atoms with van der Waals surface area (Å²) in [5, 5.41) is 10.5. The number of primary amides is 1. The predicted molar refractivity (Wildman–Crippen MR) is 64.5 cm³/mol. The highest BCUT2D eigenvalue weighted by atomic mass is 35.7. The molecule has 0 heterocycles. The fourth-order valence-corrected chi connectivity index (χ4v) is 1.27. The van der Waals surface area contributed by atoms with E-state index in [9.17, 15) is 14.9 Å². The minimum Gasteiger partial charge on any atom is -0.366 e. The van der Waals surface area contributed by atoms with Crippen molar-refractivity contribution in [2.75, 3.05) is 0 Å². The second-order valence-corrected chi connectivity index (χ2v) is 3.62. The number of carbonyl (C=O) groups excluding carboxylic acids is 1. The maximum absolute atomic E-state index is 10.9. The molecule has 1 amide bonds. The zero-order valence-electron chi connectivity index (χ0n) is 9.14. The molecule has 0 atom stereocenters. The molecule has 17 heavy (non-hydrogen) atoms. The fourth-order valence-electron chi connectivity index (χ4n) is 1.27. The Labute approximate surface area is 104 Å². The molecule has 0 aromatic heterocycles. The molecule has 0 aliphatic carbocycles. The largest absolute Gasteiger partial charge is 0.366 e. The lowest BCUT2D eigenvalue weighted by Gasteiger charge is -2.05. The van der Waals surface area contributed by atoms with Crippen molar-refractivity contribution in [3.63, 3.8) is 0 Å². The first-order chi connectivity index (χ1) is 7.86. The highest BCUT2D eigenvalue weighted by Crippen LogP contribution is 2.23. The Kier molecular flexibility index (Phi) is 6.31. The Hall–Kier alpha value is -1.52. The molecule has 0 saturated heterocycles. The number of nitro benzene ring substituents is 1. The molecular weight excluding hydrogens is 267 g/mol. The molecule has 8 heteroatoms. The number of carbonyl (C=O) groups is 1. The zero-order chi connectivity index (χ0) is 13.6. The van der Waals surface area contributed by atoms with Crippen LogP contribution in [0.4, 0.5) is 5.69 Å². The highest BCUT2D eigenvalue weighted by Gasteiger charge is 2.16. The van der Waals surface area contributed by atoms with Crippen LogP contribution in [0.1, 0.15) is 21.5 Å². The van der Waals surface area contributed by atoms with Crippen molar-refractivity contribution in [1.29, 1.82) is 0 Å². The molecule has 1 aromatic rings. The Morgan fingerprint density at radius 1 is 1.41 bits per heavy atom. The average molecular weight is 277 g/mol. The summed E-state index contributed by atoms with van der Waals surface area (Å²) >= 11 is 4.42. The normalized spacial score (nSPS) is 9.35. The quantitative estimate of drug-likeness (QED) is 0.509. The molecule has 1 aromatic carbocycles. The Morgan fingerprint density at radius 3 is 2.24 bits per heavy atom. The van der Waals surface area contributed by atoms with Crippen molar-refractivity contribution in [3.05, 3.63) is 38.9 Å². The summed E-state index contributed by atoms with van der Waals surface area (Å²) in [4.78, 5) is 21.0. The number of nitrogens with two attached hydrogens (primary N) is 1. The van der Waals surface area contributed by atoms with Gasteiger partial charge in [0, 0.05) is 17.2 Å². The Bertz CT molecular complexity index is 426. The average Bonchev–Trinajstić information content (AvgIpc) is 2.22. The maximum Gasteiger partial charge on any atom is 0.272 e. The summed E-state index contributed by atoms with van der Waals surface area (Å²) in [5.41, 5.74) is 6.47. The van der Waals surface area contributed by atoms with Gasteiger partial charge in [-0.2, -0.15) is 0 Å². The molecular formula is C9H10ClN2O4P. The summed E-state index contributed by atoms with van der Waals surface area (Å²) in [5.74, 6) is -0.569. The van der Waals surface area contributed by atoms with Crippen LogP contribution in [0.3, 0.4) is 0 Å². The van der Waals surface area contributed by atoms with Crippen LogP contribution in [-0.2, 0) is 4.57 Å².